The highest BCUT2D eigenvalue weighted by atomic mass is 32.2. The summed E-state index contributed by atoms with van der Waals surface area (Å²) in [5, 5.41) is 2.82. The molecule has 0 aliphatic heterocycles. The van der Waals surface area contributed by atoms with Gasteiger partial charge < -0.3 is 10.2 Å². The number of rotatable bonds is 10. The SMILES string of the molecule is CCCNC(=O)[C@@H](C)N(Cc1ccc(C)cc1)C(=O)CN(c1ccc(C)cc1)S(C)(=O)=O. The highest BCUT2D eigenvalue weighted by molar-refractivity contribution is 7.92. The lowest BCUT2D eigenvalue weighted by Crippen LogP contribution is -2.51. The second-order valence-corrected chi connectivity index (χ2v) is 9.99. The fourth-order valence-corrected chi connectivity index (χ4v) is 4.04. The zero-order valence-electron chi connectivity index (χ0n) is 19.5. The fraction of sp³-hybridized carbons (Fsp3) is 0.417. The van der Waals surface area contributed by atoms with Crippen LogP contribution in [-0.2, 0) is 26.2 Å². The second kappa shape index (κ2) is 11.1. The molecule has 0 radical (unpaired) electrons. The van der Waals surface area contributed by atoms with E-state index in [0.717, 1.165) is 33.7 Å². The predicted molar refractivity (Wildman–Crippen MR) is 128 cm³/mol. The molecule has 1 atom stereocenters. The molecule has 0 saturated heterocycles. The number of carbonyl (C=O) groups excluding carboxylic acids is 2. The molecule has 0 aromatic heterocycles. The molecule has 174 valence electrons. The van der Waals surface area contributed by atoms with Gasteiger partial charge in [0.1, 0.15) is 12.6 Å². The van der Waals surface area contributed by atoms with Gasteiger partial charge in [0.2, 0.25) is 21.8 Å². The number of carbonyl (C=O) groups is 2. The quantitative estimate of drug-likeness (QED) is 0.592. The second-order valence-electron chi connectivity index (χ2n) is 8.08. The summed E-state index contributed by atoms with van der Waals surface area (Å²) in [6.45, 7) is 7.80. The van der Waals surface area contributed by atoms with Gasteiger partial charge >= 0.3 is 0 Å². The van der Waals surface area contributed by atoms with Crippen molar-refractivity contribution in [3.8, 4) is 0 Å². The van der Waals surface area contributed by atoms with Crippen LogP contribution in [0, 0.1) is 13.8 Å². The van der Waals surface area contributed by atoms with Crippen LogP contribution in [0.4, 0.5) is 5.69 Å². The maximum atomic E-state index is 13.4. The molecule has 0 heterocycles. The standard InChI is InChI=1S/C24H33N3O4S/c1-6-15-25-24(29)20(4)26(16-21-11-7-18(2)8-12-21)23(28)17-27(32(5,30)31)22-13-9-19(3)10-14-22/h7-14,20H,6,15-17H2,1-5H3,(H,25,29)/t20-/m1/s1. The number of anilines is 1. The van der Waals surface area contributed by atoms with E-state index in [0.29, 0.717) is 12.2 Å². The topological polar surface area (TPSA) is 86.8 Å². The van der Waals surface area contributed by atoms with Crippen LogP contribution in [0.15, 0.2) is 48.5 Å². The molecule has 2 amide bonds. The Balaban J connectivity index is 2.34. The van der Waals surface area contributed by atoms with Gasteiger partial charge in [-0.25, -0.2) is 8.42 Å². The largest absolute Gasteiger partial charge is 0.354 e. The first-order chi connectivity index (χ1) is 15.0. The van der Waals surface area contributed by atoms with Crippen LogP contribution in [0.3, 0.4) is 0 Å². The molecule has 2 aromatic carbocycles. The number of nitrogens with one attached hydrogen (secondary N) is 1. The van der Waals surface area contributed by atoms with Crippen LogP contribution in [-0.4, -0.2) is 50.5 Å². The molecule has 8 heteroatoms. The molecule has 0 unspecified atom stereocenters. The van der Waals surface area contributed by atoms with E-state index in [1.807, 2.05) is 45.0 Å². The zero-order valence-corrected chi connectivity index (χ0v) is 20.3. The van der Waals surface area contributed by atoms with E-state index in [1.165, 1.54) is 4.90 Å². The van der Waals surface area contributed by atoms with Crippen LogP contribution in [0.25, 0.3) is 0 Å². The van der Waals surface area contributed by atoms with Crippen LogP contribution in [0.2, 0.25) is 0 Å². The third kappa shape index (κ3) is 7.09. The Morgan fingerprint density at radius 3 is 2.00 bits per heavy atom. The van der Waals surface area contributed by atoms with Crippen molar-refractivity contribution < 1.29 is 18.0 Å². The third-order valence-electron chi connectivity index (χ3n) is 5.19. The van der Waals surface area contributed by atoms with E-state index in [1.54, 1.807) is 31.2 Å². The van der Waals surface area contributed by atoms with Crippen molar-refractivity contribution in [2.45, 2.75) is 46.7 Å². The molecule has 1 N–H and O–H groups in total. The zero-order chi connectivity index (χ0) is 23.9. The molecule has 0 aliphatic carbocycles. The van der Waals surface area contributed by atoms with Crippen molar-refractivity contribution in [2.24, 2.45) is 0 Å². The molecular formula is C24H33N3O4S. The van der Waals surface area contributed by atoms with Gasteiger partial charge in [0.25, 0.3) is 0 Å². The Kier molecular flexibility index (Phi) is 8.83. The lowest BCUT2D eigenvalue weighted by molar-refractivity contribution is -0.139. The normalized spacial score (nSPS) is 12.2. The molecule has 2 aromatic rings. The molecule has 2 rings (SSSR count). The van der Waals surface area contributed by atoms with Gasteiger partial charge in [0.05, 0.1) is 11.9 Å². The third-order valence-corrected chi connectivity index (χ3v) is 6.33. The van der Waals surface area contributed by atoms with Crippen LogP contribution in [0.1, 0.15) is 37.0 Å². The van der Waals surface area contributed by atoms with Gasteiger partial charge in [-0.15, -0.1) is 0 Å². The molecule has 0 fully saturated rings. The summed E-state index contributed by atoms with van der Waals surface area (Å²) in [6.07, 6.45) is 1.85. The molecular weight excluding hydrogens is 426 g/mol. The summed E-state index contributed by atoms with van der Waals surface area (Å²) in [7, 11) is -3.71. The van der Waals surface area contributed by atoms with Crippen molar-refractivity contribution in [3.63, 3.8) is 0 Å². The maximum absolute atomic E-state index is 13.4. The predicted octanol–water partition coefficient (Wildman–Crippen LogP) is 3.01. The fourth-order valence-electron chi connectivity index (χ4n) is 3.19. The van der Waals surface area contributed by atoms with E-state index < -0.39 is 22.0 Å². The first kappa shape index (κ1) is 25.4. The van der Waals surface area contributed by atoms with Crippen LogP contribution >= 0.6 is 0 Å². The molecule has 32 heavy (non-hydrogen) atoms. The number of hydrogen-bond acceptors (Lipinski definition) is 4. The lowest BCUT2D eigenvalue weighted by atomic mass is 10.1. The summed E-state index contributed by atoms with van der Waals surface area (Å²) in [6, 6.07) is 13.9. The highest BCUT2D eigenvalue weighted by Crippen LogP contribution is 2.19. The Bertz CT molecular complexity index is 1020. The average molecular weight is 460 g/mol. The first-order valence-corrected chi connectivity index (χ1v) is 12.5. The van der Waals surface area contributed by atoms with Crippen molar-refractivity contribution in [3.05, 3.63) is 65.2 Å². The first-order valence-electron chi connectivity index (χ1n) is 10.7. The lowest BCUT2D eigenvalue weighted by Gasteiger charge is -2.31. The summed E-state index contributed by atoms with van der Waals surface area (Å²) in [5.41, 5.74) is 3.34. The van der Waals surface area contributed by atoms with Gasteiger partial charge in [-0.2, -0.15) is 0 Å². The van der Waals surface area contributed by atoms with Gasteiger partial charge in [0, 0.05) is 13.1 Å². The number of hydrogen-bond donors (Lipinski definition) is 1. The Morgan fingerprint density at radius 2 is 1.50 bits per heavy atom. The van der Waals surface area contributed by atoms with Crippen molar-refractivity contribution in [2.75, 3.05) is 23.7 Å². The van der Waals surface area contributed by atoms with Crippen molar-refractivity contribution in [1.29, 1.82) is 0 Å². The van der Waals surface area contributed by atoms with Crippen molar-refractivity contribution in [1.82, 2.24) is 10.2 Å². The number of benzene rings is 2. The Morgan fingerprint density at radius 1 is 0.969 bits per heavy atom. The average Bonchev–Trinajstić information content (AvgIpc) is 2.74. The Hall–Kier alpha value is -2.87. The number of amides is 2. The van der Waals surface area contributed by atoms with E-state index in [-0.39, 0.29) is 19.0 Å². The monoisotopic (exact) mass is 459 g/mol. The molecule has 0 aliphatic rings. The summed E-state index contributed by atoms with van der Waals surface area (Å²) in [4.78, 5) is 27.4. The number of aryl methyl sites for hydroxylation is 2. The summed E-state index contributed by atoms with van der Waals surface area (Å²) in [5.74, 6) is -0.718. The highest BCUT2D eigenvalue weighted by Gasteiger charge is 2.29. The van der Waals surface area contributed by atoms with Gasteiger partial charge in [-0.3, -0.25) is 13.9 Å². The summed E-state index contributed by atoms with van der Waals surface area (Å²) < 4.78 is 26.1. The van der Waals surface area contributed by atoms with E-state index >= 15 is 0 Å². The van der Waals surface area contributed by atoms with E-state index in [2.05, 4.69) is 5.32 Å². The number of nitrogens with zero attached hydrogens (tertiary/aromatic N) is 2. The smallest absolute Gasteiger partial charge is 0.244 e. The maximum Gasteiger partial charge on any atom is 0.244 e. The number of sulfonamides is 1. The van der Waals surface area contributed by atoms with Gasteiger partial charge in [-0.1, -0.05) is 54.4 Å². The van der Waals surface area contributed by atoms with E-state index in [4.69, 9.17) is 0 Å². The Labute approximate surface area is 191 Å². The summed E-state index contributed by atoms with van der Waals surface area (Å²) >= 11 is 0. The minimum atomic E-state index is -3.71. The minimum Gasteiger partial charge on any atom is -0.354 e. The van der Waals surface area contributed by atoms with Crippen molar-refractivity contribution >= 4 is 27.5 Å². The van der Waals surface area contributed by atoms with Crippen LogP contribution in [0.5, 0.6) is 0 Å². The van der Waals surface area contributed by atoms with Gasteiger partial charge in [-0.05, 0) is 44.9 Å². The molecule has 0 bridgehead atoms. The minimum absolute atomic E-state index is 0.200. The van der Waals surface area contributed by atoms with E-state index in [9.17, 15) is 18.0 Å². The van der Waals surface area contributed by atoms with Crippen LogP contribution < -0.4 is 9.62 Å². The molecule has 0 saturated carbocycles. The molecule has 0 spiro atoms. The van der Waals surface area contributed by atoms with Gasteiger partial charge in [0.15, 0.2) is 0 Å². The molecule has 7 nitrogen and oxygen atoms in total.